The van der Waals surface area contributed by atoms with Crippen molar-refractivity contribution in [2.45, 2.75) is 71.9 Å². The molecule has 0 aromatic heterocycles. The Hall–Kier alpha value is -1.22. The molecule has 0 radical (unpaired) electrons. The fourth-order valence-electron chi connectivity index (χ4n) is 6.40. The zero-order valence-corrected chi connectivity index (χ0v) is 16.7. The van der Waals surface area contributed by atoms with E-state index in [0.717, 1.165) is 35.8 Å². The van der Waals surface area contributed by atoms with E-state index in [1.165, 1.54) is 44.1 Å². The molecule has 0 heterocycles. The van der Waals surface area contributed by atoms with E-state index >= 15 is 0 Å². The summed E-state index contributed by atoms with van der Waals surface area (Å²) in [6.45, 7) is 8.72. The van der Waals surface area contributed by atoms with Gasteiger partial charge in [-0.05, 0) is 100 Å². The Balaban J connectivity index is 1.41. The maximum Gasteiger partial charge on any atom is 0.161 e. The molecule has 4 aliphatic rings. The first kappa shape index (κ1) is 18.2. The summed E-state index contributed by atoms with van der Waals surface area (Å²) in [5.41, 5.74) is 1.84. The molecule has 1 aromatic carbocycles. The predicted octanol–water partition coefficient (Wildman–Crippen LogP) is 5.18. The Kier molecular flexibility index (Phi) is 5.18. The second kappa shape index (κ2) is 7.42. The van der Waals surface area contributed by atoms with E-state index in [1.54, 1.807) is 0 Å². The van der Waals surface area contributed by atoms with Crippen LogP contribution in [-0.2, 0) is 6.54 Å². The van der Waals surface area contributed by atoms with Gasteiger partial charge < -0.3 is 14.8 Å². The minimum absolute atomic E-state index is 0.558. The van der Waals surface area contributed by atoms with Gasteiger partial charge in [-0.25, -0.2) is 0 Å². The van der Waals surface area contributed by atoms with Gasteiger partial charge >= 0.3 is 0 Å². The molecule has 1 aromatic rings. The smallest absolute Gasteiger partial charge is 0.161 e. The first-order valence-corrected chi connectivity index (χ1v) is 10.7. The molecule has 3 nitrogen and oxygen atoms in total. The van der Waals surface area contributed by atoms with Gasteiger partial charge in [0.1, 0.15) is 0 Å². The molecule has 1 N–H and O–H groups in total. The SMILES string of the molecule is CCOc1ccc(CN[C@H](C)C23CC4CC(CC(C4)C2)C3)cc1OCC. The quantitative estimate of drug-likeness (QED) is 0.695. The van der Waals surface area contributed by atoms with Crippen LogP contribution in [0.15, 0.2) is 18.2 Å². The van der Waals surface area contributed by atoms with Gasteiger partial charge in [-0.1, -0.05) is 6.07 Å². The monoisotopic (exact) mass is 357 g/mol. The van der Waals surface area contributed by atoms with Gasteiger partial charge in [0, 0.05) is 12.6 Å². The maximum absolute atomic E-state index is 5.78. The van der Waals surface area contributed by atoms with Crippen molar-refractivity contribution in [3.63, 3.8) is 0 Å². The van der Waals surface area contributed by atoms with Gasteiger partial charge in [-0.15, -0.1) is 0 Å². The molecule has 0 unspecified atom stereocenters. The summed E-state index contributed by atoms with van der Waals surface area (Å²) in [4.78, 5) is 0. The molecular weight excluding hydrogens is 322 g/mol. The van der Waals surface area contributed by atoms with E-state index in [0.29, 0.717) is 24.7 Å². The highest BCUT2D eigenvalue weighted by atomic mass is 16.5. The third-order valence-electron chi connectivity index (χ3n) is 7.22. The molecular formula is C23H35NO2. The molecule has 4 bridgehead atoms. The number of rotatable bonds is 8. The van der Waals surface area contributed by atoms with Crippen LogP contribution >= 0.6 is 0 Å². The summed E-state index contributed by atoms with van der Waals surface area (Å²) in [6, 6.07) is 6.97. The largest absolute Gasteiger partial charge is 0.490 e. The first-order chi connectivity index (χ1) is 12.6. The van der Waals surface area contributed by atoms with Crippen LogP contribution in [0.3, 0.4) is 0 Å². The lowest BCUT2D eigenvalue weighted by atomic mass is 9.48. The van der Waals surface area contributed by atoms with Crippen molar-refractivity contribution in [2.24, 2.45) is 23.2 Å². The summed E-state index contributed by atoms with van der Waals surface area (Å²) >= 11 is 0. The topological polar surface area (TPSA) is 30.5 Å². The van der Waals surface area contributed by atoms with Crippen molar-refractivity contribution in [1.29, 1.82) is 0 Å². The average Bonchev–Trinajstić information content (AvgIpc) is 2.61. The summed E-state index contributed by atoms with van der Waals surface area (Å²) in [6.07, 6.45) is 8.93. The van der Waals surface area contributed by atoms with Gasteiger partial charge in [-0.3, -0.25) is 0 Å². The van der Waals surface area contributed by atoms with Crippen LogP contribution in [0.4, 0.5) is 0 Å². The first-order valence-electron chi connectivity index (χ1n) is 10.7. The Morgan fingerprint density at radius 2 is 1.54 bits per heavy atom. The van der Waals surface area contributed by atoms with E-state index in [9.17, 15) is 0 Å². The molecule has 0 saturated heterocycles. The van der Waals surface area contributed by atoms with Gasteiger partial charge in [0.25, 0.3) is 0 Å². The lowest BCUT2D eigenvalue weighted by Gasteiger charge is -2.59. The zero-order valence-electron chi connectivity index (χ0n) is 16.7. The highest BCUT2D eigenvalue weighted by molar-refractivity contribution is 5.43. The summed E-state index contributed by atoms with van der Waals surface area (Å²) in [7, 11) is 0. The maximum atomic E-state index is 5.78. The predicted molar refractivity (Wildman–Crippen MR) is 106 cm³/mol. The Morgan fingerprint density at radius 1 is 0.962 bits per heavy atom. The van der Waals surface area contributed by atoms with Crippen LogP contribution in [0, 0.1) is 23.2 Å². The molecule has 4 saturated carbocycles. The normalized spacial score (nSPS) is 33.3. The van der Waals surface area contributed by atoms with Crippen molar-refractivity contribution in [1.82, 2.24) is 5.32 Å². The van der Waals surface area contributed by atoms with Crippen molar-refractivity contribution in [3.05, 3.63) is 23.8 Å². The van der Waals surface area contributed by atoms with Crippen molar-refractivity contribution < 1.29 is 9.47 Å². The second-order valence-electron chi connectivity index (χ2n) is 9.03. The van der Waals surface area contributed by atoms with E-state index < -0.39 is 0 Å². The Morgan fingerprint density at radius 3 is 2.12 bits per heavy atom. The Bertz CT molecular complexity index is 591. The summed E-state index contributed by atoms with van der Waals surface area (Å²) in [5, 5.41) is 3.88. The van der Waals surface area contributed by atoms with E-state index in [-0.39, 0.29) is 0 Å². The van der Waals surface area contributed by atoms with Crippen LogP contribution in [0.5, 0.6) is 11.5 Å². The van der Waals surface area contributed by atoms with E-state index in [2.05, 4.69) is 30.4 Å². The third kappa shape index (κ3) is 3.47. The van der Waals surface area contributed by atoms with Crippen LogP contribution in [0.1, 0.15) is 64.9 Å². The molecule has 26 heavy (non-hydrogen) atoms. The molecule has 0 spiro atoms. The number of nitrogens with one attached hydrogen (secondary N) is 1. The number of hydrogen-bond acceptors (Lipinski definition) is 3. The highest BCUT2D eigenvalue weighted by Gasteiger charge is 2.52. The highest BCUT2D eigenvalue weighted by Crippen LogP contribution is 2.61. The third-order valence-corrected chi connectivity index (χ3v) is 7.22. The number of ether oxygens (including phenoxy) is 2. The molecule has 3 heteroatoms. The summed E-state index contributed by atoms with van der Waals surface area (Å²) < 4.78 is 11.5. The number of hydrogen-bond donors (Lipinski definition) is 1. The lowest BCUT2D eigenvalue weighted by molar-refractivity contribution is -0.0706. The molecule has 1 atom stereocenters. The Labute approximate surface area is 158 Å². The van der Waals surface area contributed by atoms with Gasteiger partial charge in [0.2, 0.25) is 0 Å². The summed E-state index contributed by atoms with van der Waals surface area (Å²) in [5.74, 6) is 4.77. The van der Waals surface area contributed by atoms with Crippen LogP contribution in [-0.4, -0.2) is 19.3 Å². The molecule has 144 valence electrons. The standard InChI is InChI=1S/C23H35NO2/c1-4-25-21-7-6-17(11-22(21)26-5-2)15-24-16(3)23-12-18-8-19(13-23)10-20(9-18)14-23/h6-7,11,16,18-20,24H,4-5,8-10,12-15H2,1-3H3/t16-,18?,19?,20?,23?/m1/s1. The van der Waals surface area contributed by atoms with Crippen LogP contribution < -0.4 is 14.8 Å². The molecule has 0 aliphatic heterocycles. The molecule has 0 amide bonds. The fourth-order valence-corrected chi connectivity index (χ4v) is 6.40. The second-order valence-corrected chi connectivity index (χ2v) is 9.03. The number of benzene rings is 1. The van der Waals surface area contributed by atoms with Crippen molar-refractivity contribution >= 4 is 0 Å². The fraction of sp³-hybridized carbons (Fsp3) is 0.739. The van der Waals surface area contributed by atoms with E-state index in [4.69, 9.17) is 9.47 Å². The van der Waals surface area contributed by atoms with Gasteiger partial charge in [0.15, 0.2) is 11.5 Å². The molecule has 4 fully saturated rings. The lowest BCUT2D eigenvalue weighted by Crippen LogP contribution is -2.54. The van der Waals surface area contributed by atoms with E-state index in [1.807, 2.05) is 13.8 Å². The molecule has 4 aliphatic carbocycles. The minimum atomic E-state index is 0.558. The zero-order chi connectivity index (χ0) is 18.1. The van der Waals surface area contributed by atoms with Gasteiger partial charge in [-0.2, -0.15) is 0 Å². The molecule has 5 rings (SSSR count). The van der Waals surface area contributed by atoms with Crippen LogP contribution in [0.2, 0.25) is 0 Å². The van der Waals surface area contributed by atoms with Crippen LogP contribution in [0.25, 0.3) is 0 Å². The van der Waals surface area contributed by atoms with Crippen molar-refractivity contribution in [3.8, 4) is 11.5 Å². The average molecular weight is 358 g/mol. The minimum Gasteiger partial charge on any atom is -0.490 e. The van der Waals surface area contributed by atoms with Gasteiger partial charge in [0.05, 0.1) is 13.2 Å². The van der Waals surface area contributed by atoms with Crippen molar-refractivity contribution in [2.75, 3.05) is 13.2 Å².